The number of nitrogens with zero attached hydrogens (tertiary/aromatic N) is 1. The summed E-state index contributed by atoms with van der Waals surface area (Å²) < 4.78 is 14.2. The normalized spacial score (nSPS) is 12.4. The average Bonchev–Trinajstić information content (AvgIpc) is 2.36. The van der Waals surface area contributed by atoms with E-state index in [1.807, 2.05) is 32.2 Å². The molecule has 100 valence electrons. The fourth-order valence-electron chi connectivity index (χ4n) is 2.16. The number of benzene rings is 1. The fourth-order valence-corrected chi connectivity index (χ4v) is 2.68. The van der Waals surface area contributed by atoms with Gasteiger partial charge in [-0.2, -0.15) is 0 Å². The van der Waals surface area contributed by atoms with Gasteiger partial charge in [-0.25, -0.2) is 4.39 Å². The number of pyridine rings is 1. The highest BCUT2D eigenvalue weighted by Crippen LogP contribution is 2.22. The van der Waals surface area contributed by atoms with Crippen molar-refractivity contribution >= 4 is 15.9 Å². The van der Waals surface area contributed by atoms with Crippen LogP contribution in [0.15, 0.2) is 41.0 Å². The van der Waals surface area contributed by atoms with E-state index in [0.29, 0.717) is 6.42 Å². The maximum Gasteiger partial charge on any atom is 0.124 e. The summed E-state index contributed by atoms with van der Waals surface area (Å²) in [6.45, 7) is 2.04. The minimum Gasteiger partial charge on any atom is -0.311 e. The molecule has 2 aromatic rings. The van der Waals surface area contributed by atoms with Crippen molar-refractivity contribution in [2.45, 2.75) is 19.4 Å². The molecule has 0 amide bonds. The molecule has 1 atom stereocenters. The molecule has 2 rings (SSSR count). The van der Waals surface area contributed by atoms with Gasteiger partial charge in [-0.3, -0.25) is 4.98 Å². The van der Waals surface area contributed by atoms with E-state index in [9.17, 15) is 4.39 Å². The van der Waals surface area contributed by atoms with Crippen molar-refractivity contribution in [1.29, 1.82) is 0 Å². The Kier molecular flexibility index (Phi) is 4.66. The lowest BCUT2D eigenvalue weighted by Gasteiger charge is -2.18. The van der Waals surface area contributed by atoms with E-state index in [0.717, 1.165) is 21.3 Å². The molecule has 0 fully saturated rings. The molecule has 0 spiro atoms. The Labute approximate surface area is 121 Å². The van der Waals surface area contributed by atoms with Gasteiger partial charge in [-0.1, -0.05) is 22.0 Å². The SMILES string of the molecule is CNC(Cc1cc(F)cc(Br)c1)c1ncccc1C. The minimum absolute atomic E-state index is 0.0786. The van der Waals surface area contributed by atoms with Crippen LogP contribution in [-0.4, -0.2) is 12.0 Å². The molecule has 0 aliphatic heterocycles. The van der Waals surface area contributed by atoms with Crippen molar-refractivity contribution in [3.05, 3.63) is 63.6 Å². The van der Waals surface area contributed by atoms with Crippen LogP contribution < -0.4 is 5.32 Å². The molecule has 19 heavy (non-hydrogen) atoms. The van der Waals surface area contributed by atoms with Crippen LogP contribution in [0.2, 0.25) is 0 Å². The molecule has 1 aromatic carbocycles. The summed E-state index contributed by atoms with van der Waals surface area (Å²) in [7, 11) is 1.90. The second-order valence-electron chi connectivity index (χ2n) is 4.53. The lowest BCUT2D eigenvalue weighted by molar-refractivity contribution is 0.567. The van der Waals surface area contributed by atoms with Gasteiger partial charge >= 0.3 is 0 Å². The Morgan fingerprint density at radius 3 is 2.79 bits per heavy atom. The van der Waals surface area contributed by atoms with E-state index in [1.54, 1.807) is 12.3 Å². The molecule has 1 N–H and O–H groups in total. The largest absolute Gasteiger partial charge is 0.311 e. The molecular weight excluding hydrogens is 307 g/mol. The van der Waals surface area contributed by atoms with E-state index in [2.05, 4.69) is 26.2 Å². The highest BCUT2D eigenvalue weighted by Gasteiger charge is 2.14. The van der Waals surface area contributed by atoms with Crippen LogP contribution in [-0.2, 0) is 6.42 Å². The van der Waals surface area contributed by atoms with E-state index >= 15 is 0 Å². The Balaban J connectivity index is 2.26. The summed E-state index contributed by atoms with van der Waals surface area (Å²) in [6, 6.07) is 9.00. The first-order chi connectivity index (χ1) is 9.10. The topological polar surface area (TPSA) is 24.9 Å². The van der Waals surface area contributed by atoms with Crippen molar-refractivity contribution < 1.29 is 4.39 Å². The number of hydrogen-bond donors (Lipinski definition) is 1. The third-order valence-electron chi connectivity index (χ3n) is 3.09. The number of rotatable bonds is 4. The number of aromatic nitrogens is 1. The Bertz CT molecular complexity index is 552. The van der Waals surface area contributed by atoms with E-state index in [4.69, 9.17) is 0 Å². The second-order valence-corrected chi connectivity index (χ2v) is 5.44. The van der Waals surface area contributed by atoms with Crippen LogP contribution in [0, 0.1) is 12.7 Å². The third kappa shape index (κ3) is 3.61. The summed E-state index contributed by atoms with van der Waals surface area (Å²) in [5, 5.41) is 3.25. The fraction of sp³-hybridized carbons (Fsp3) is 0.267. The summed E-state index contributed by atoms with van der Waals surface area (Å²) in [4.78, 5) is 4.42. The number of nitrogens with one attached hydrogen (secondary N) is 1. The van der Waals surface area contributed by atoms with Crippen molar-refractivity contribution in [1.82, 2.24) is 10.3 Å². The molecule has 2 nitrogen and oxygen atoms in total. The minimum atomic E-state index is -0.225. The monoisotopic (exact) mass is 322 g/mol. The van der Waals surface area contributed by atoms with Crippen LogP contribution in [0.5, 0.6) is 0 Å². The first kappa shape index (κ1) is 14.2. The molecule has 0 bridgehead atoms. The molecule has 0 saturated heterocycles. The number of aryl methyl sites for hydroxylation is 1. The first-order valence-corrected chi connectivity index (χ1v) is 6.93. The van der Waals surface area contributed by atoms with Crippen LogP contribution in [0.1, 0.15) is 22.9 Å². The number of hydrogen-bond acceptors (Lipinski definition) is 2. The van der Waals surface area contributed by atoms with Gasteiger partial charge in [0.1, 0.15) is 5.82 Å². The van der Waals surface area contributed by atoms with E-state index < -0.39 is 0 Å². The summed E-state index contributed by atoms with van der Waals surface area (Å²) in [5.41, 5.74) is 3.08. The van der Waals surface area contributed by atoms with Crippen molar-refractivity contribution in [3.63, 3.8) is 0 Å². The highest BCUT2D eigenvalue weighted by molar-refractivity contribution is 9.10. The standard InChI is InChI=1S/C15H16BrFN2/c1-10-4-3-5-19-15(10)14(18-2)8-11-6-12(16)9-13(17)7-11/h3-7,9,14,18H,8H2,1-2H3. The second kappa shape index (κ2) is 6.26. The van der Waals surface area contributed by atoms with Gasteiger partial charge in [0, 0.05) is 10.7 Å². The smallest absolute Gasteiger partial charge is 0.124 e. The third-order valence-corrected chi connectivity index (χ3v) is 3.55. The van der Waals surface area contributed by atoms with Crippen molar-refractivity contribution in [2.24, 2.45) is 0 Å². The molecule has 0 aliphatic carbocycles. The summed E-state index contributed by atoms with van der Waals surface area (Å²) in [6.07, 6.45) is 2.48. The van der Waals surface area contributed by atoms with E-state index in [1.165, 1.54) is 6.07 Å². The molecule has 1 heterocycles. The summed E-state index contributed by atoms with van der Waals surface area (Å²) >= 11 is 3.32. The molecule has 0 aliphatic rings. The maximum absolute atomic E-state index is 13.4. The zero-order valence-corrected chi connectivity index (χ0v) is 12.5. The average molecular weight is 323 g/mol. The molecule has 0 saturated carbocycles. The molecule has 1 unspecified atom stereocenters. The lowest BCUT2D eigenvalue weighted by atomic mass is 10.00. The zero-order valence-electron chi connectivity index (χ0n) is 11.0. The van der Waals surface area contributed by atoms with Gasteiger partial charge < -0.3 is 5.32 Å². The van der Waals surface area contributed by atoms with Gasteiger partial charge in [0.15, 0.2) is 0 Å². The highest BCUT2D eigenvalue weighted by atomic mass is 79.9. The van der Waals surface area contributed by atoms with Crippen LogP contribution >= 0.6 is 15.9 Å². The van der Waals surface area contributed by atoms with Gasteiger partial charge in [0.25, 0.3) is 0 Å². The Hall–Kier alpha value is -1.26. The predicted octanol–water partition coefficient (Wildman–Crippen LogP) is 3.79. The predicted molar refractivity (Wildman–Crippen MR) is 78.6 cm³/mol. The number of halogens is 2. The molecular formula is C15H16BrFN2. The van der Waals surface area contributed by atoms with E-state index in [-0.39, 0.29) is 11.9 Å². The van der Waals surface area contributed by atoms with Gasteiger partial charge in [0.05, 0.1) is 11.7 Å². The summed E-state index contributed by atoms with van der Waals surface area (Å²) in [5.74, 6) is -0.225. The lowest BCUT2D eigenvalue weighted by Crippen LogP contribution is -2.21. The molecule has 4 heteroatoms. The molecule has 1 aromatic heterocycles. The quantitative estimate of drug-likeness (QED) is 0.926. The Morgan fingerprint density at radius 1 is 1.37 bits per heavy atom. The molecule has 0 radical (unpaired) electrons. The van der Waals surface area contributed by atoms with Crippen LogP contribution in [0.3, 0.4) is 0 Å². The maximum atomic E-state index is 13.4. The van der Waals surface area contributed by atoms with Crippen molar-refractivity contribution in [3.8, 4) is 0 Å². The zero-order chi connectivity index (χ0) is 13.8. The number of likely N-dealkylation sites (N-methyl/N-ethyl adjacent to an activating group) is 1. The van der Waals surface area contributed by atoms with Gasteiger partial charge in [-0.15, -0.1) is 0 Å². The first-order valence-electron chi connectivity index (χ1n) is 6.14. The van der Waals surface area contributed by atoms with Gasteiger partial charge in [-0.05, 0) is 55.8 Å². The van der Waals surface area contributed by atoms with Crippen molar-refractivity contribution in [2.75, 3.05) is 7.05 Å². The van der Waals surface area contributed by atoms with Crippen LogP contribution in [0.4, 0.5) is 4.39 Å². The van der Waals surface area contributed by atoms with Crippen LogP contribution in [0.25, 0.3) is 0 Å². The Morgan fingerprint density at radius 2 is 2.16 bits per heavy atom. The van der Waals surface area contributed by atoms with Gasteiger partial charge in [0.2, 0.25) is 0 Å².